The molecule has 0 aliphatic heterocycles. The van der Waals surface area contributed by atoms with E-state index in [1.54, 1.807) is 24.3 Å². The van der Waals surface area contributed by atoms with Crippen molar-refractivity contribution in [1.82, 2.24) is 15.0 Å². The van der Waals surface area contributed by atoms with Crippen molar-refractivity contribution in [1.29, 1.82) is 0 Å². The Hall–Kier alpha value is -2.25. The fourth-order valence-electron chi connectivity index (χ4n) is 2.22. The Balaban J connectivity index is 1.49. The SMILES string of the molecule is Cc1cc(NC(=O)CCN(C)Cc2nc3ccccc3s2)no1. The monoisotopic (exact) mass is 330 g/mol. The molecule has 3 rings (SSSR count). The molecule has 23 heavy (non-hydrogen) atoms. The number of rotatable bonds is 6. The van der Waals surface area contributed by atoms with Crippen LogP contribution in [0.4, 0.5) is 5.82 Å². The Labute approximate surface area is 138 Å². The molecule has 120 valence electrons. The van der Waals surface area contributed by atoms with E-state index in [-0.39, 0.29) is 5.91 Å². The molecule has 7 heteroatoms. The maximum Gasteiger partial charge on any atom is 0.226 e. The lowest BCUT2D eigenvalue weighted by Crippen LogP contribution is -2.24. The summed E-state index contributed by atoms with van der Waals surface area (Å²) in [6.07, 6.45) is 0.396. The number of nitrogens with one attached hydrogen (secondary N) is 1. The van der Waals surface area contributed by atoms with Crippen LogP contribution in [-0.4, -0.2) is 34.5 Å². The third-order valence-corrected chi connectivity index (χ3v) is 4.38. The quantitative estimate of drug-likeness (QED) is 0.752. The van der Waals surface area contributed by atoms with E-state index in [0.717, 1.165) is 17.1 Å². The lowest BCUT2D eigenvalue weighted by Gasteiger charge is -2.14. The lowest BCUT2D eigenvalue weighted by molar-refractivity contribution is -0.116. The van der Waals surface area contributed by atoms with Gasteiger partial charge in [0.2, 0.25) is 5.91 Å². The molecule has 0 saturated heterocycles. The summed E-state index contributed by atoms with van der Waals surface area (Å²) in [7, 11) is 1.99. The van der Waals surface area contributed by atoms with Crippen LogP contribution in [0.15, 0.2) is 34.9 Å². The van der Waals surface area contributed by atoms with Crippen molar-refractivity contribution >= 4 is 33.3 Å². The molecule has 1 N–H and O–H groups in total. The molecule has 0 unspecified atom stereocenters. The minimum absolute atomic E-state index is 0.0746. The van der Waals surface area contributed by atoms with Crippen LogP contribution in [0.2, 0.25) is 0 Å². The van der Waals surface area contributed by atoms with Crippen molar-refractivity contribution in [3.63, 3.8) is 0 Å². The lowest BCUT2D eigenvalue weighted by atomic mass is 10.3. The van der Waals surface area contributed by atoms with Crippen LogP contribution in [-0.2, 0) is 11.3 Å². The average molecular weight is 330 g/mol. The minimum atomic E-state index is -0.0746. The van der Waals surface area contributed by atoms with Gasteiger partial charge >= 0.3 is 0 Å². The second-order valence-electron chi connectivity index (χ2n) is 5.43. The molecule has 0 saturated carbocycles. The van der Waals surface area contributed by atoms with E-state index >= 15 is 0 Å². The van der Waals surface area contributed by atoms with Gasteiger partial charge in [-0.3, -0.25) is 9.69 Å². The molecule has 0 bridgehead atoms. The number of amides is 1. The van der Waals surface area contributed by atoms with Crippen LogP contribution in [0.3, 0.4) is 0 Å². The van der Waals surface area contributed by atoms with Gasteiger partial charge in [0, 0.05) is 19.0 Å². The number of nitrogens with zero attached hydrogens (tertiary/aromatic N) is 3. The van der Waals surface area contributed by atoms with Crippen LogP contribution in [0, 0.1) is 6.92 Å². The van der Waals surface area contributed by atoms with Gasteiger partial charge in [0.25, 0.3) is 0 Å². The summed E-state index contributed by atoms with van der Waals surface area (Å²) in [5.41, 5.74) is 1.03. The molecule has 0 spiro atoms. The standard InChI is InChI=1S/C16H18N4O2S/c1-11-9-14(19-22-11)18-15(21)7-8-20(2)10-16-17-12-5-3-4-6-13(12)23-16/h3-6,9H,7-8,10H2,1-2H3,(H,18,19,21). The highest BCUT2D eigenvalue weighted by Crippen LogP contribution is 2.22. The number of aryl methyl sites for hydroxylation is 1. The first-order chi connectivity index (χ1) is 11.1. The zero-order valence-electron chi connectivity index (χ0n) is 13.1. The Kier molecular flexibility index (Phi) is 4.68. The molecule has 3 aromatic rings. The molecule has 1 aromatic carbocycles. The number of carbonyl (C=O) groups excluding carboxylic acids is 1. The van der Waals surface area contributed by atoms with E-state index in [4.69, 9.17) is 4.52 Å². The van der Waals surface area contributed by atoms with Gasteiger partial charge in [0.15, 0.2) is 5.82 Å². The number of thiazole rings is 1. The van der Waals surface area contributed by atoms with Gasteiger partial charge in [0.1, 0.15) is 10.8 Å². The van der Waals surface area contributed by atoms with Crippen LogP contribution in [0.5, 0.6) is 0 Å². The van der Waals surface area contributed by atoms with Crippen LogP contribution in [0.1, 0.15) is 17.2 Å². The first-order valence-corrected chi connectivity index (χ1v) is 8.18. The smallest absolute Gasteiger partial charge is 0.226 e. The normalized spacial score (nSPS) is 11.3. The van der Waals surface area contributed by atoms with Crippen molar-refractivity contribution in [3.8, 4) is 0 Å². The largest absolute Gasteiger partial charge is 0.360 e. The molecule has 2 heterocycles. The number of aromatic nitrogens is 2. The summed E-state index contributed by atoms with van der Waals surface area (Å²) in [6.45, 7) is 3.17. The van der Waals surface area contributed by atoms with Crippen LogP contribution in [0.25, 0.3) is 10.2 Å². The number of anilines is 1. The molecule has 0 atom stereocenters. The molecular weight excluding hydrogens is 312 g/mol. The molecule has 6 nitrogen and oxygen atoms in total. The van der Waals surface area contributed by atoms with Crippen molar-refractivity contribution in [2.45, 2.75) is 19.9 Å². The molecule has 1 amide bonds. The number of carbonyl (C=O) groups is 1. The number of fused-ring (bicyclic) bond motifs is 1. The van der Waals surface area contributed by atoms with Gasteiger partial charge in [-0.15, -0.1) is 11.3 Å². The van der Waals surface area contributed by atoms with E-state index in [9.17, 15) is 4.79 Å². The second-order valence-corrected chi connectivity index (χ2v) is 6.55. The fourth-order valence-corrected chi connectivity index (χ4v) is 3.27. The van der Waals surface area contributed by atoms with Gasteiger partial charge in [0.05, 0.1) is 16.8 Å². The zero-order chi connectivity index (χ0) is 16.2. The predicted octanol–water partition coefficient (Wildman–Crippen LogP) is 3.05. The summed E-state index contributed by atoms with van der Waals surface area (Å²) in [6, 6.07) is 9.80. The summed E-state index contributed by atoms with van der Waals surface area (Å²) in [4.78, 5) is 18.6. The Morgan fingerprint density at radius 2 is 2.22 bits per heavy atom. The van der Waals surface area contributed by atoms with E-state index in [2.05, 4.69) is 26.4 Å². The zero-order valence-corrected chi connectivity index (χ0v) is 13.9. The van der Waals surface area contributed by atoms with E-state index in [1.165, 1.54) is 4.70 Å². The molecule has 0 aliphatic rings. The Morgan fingerprint density at radius 1 is 1.39 bits per heavy atom. The highest BCUT2D eigenvalue weighted by Gasteiger charge is 2.10. The van der Waals surface area contributed by atoms with Crippen molar-refractivity contribution in [3.05, 3.63) is 41.1 Å². The molecule has 0 aliphatic carbocycles. The second kappa shape index (κ2) is 6.89. The van der Waals surface area contributed by atoms with Gasteiger partial charge in [-0.25, -0.2) is 4.98 Å². The summed E-state index contributed by atoms with van der Waals surface area (Å²) < 4.78 is 6.11. The predicted molar refractivity (Wildman–Crippen MR) is 90.4 cm³/mol. The van der Waals surface area contributed by atoms with Crippen molar-refractivity contribution < 1.29 is 9.32 Å². The highest BCUT2D eigenvalue weighted by molar-refractivity contribution is 7.18. The van der Waals surface area contributed by atoms with Crippen molar-refractivity contribution in [2.24, 2.45) is 0 Å². The number of hydrogen-bond acceptors (Lipinski definition) is 6. The van der Waals surface area contributed by atoms with Gasteiger partial charge in [-0.2, -0.15) is 0 Å². The minimum Gasteiger partial charge on any atom is -0.360 e. The molecule has 0 fully saturated rings. The van der Waals surface area contributed by atoms with Gasteiger partial charge in [-0.1, -0.05) is 17.3 Å². The van der Waals surface area contributed by atoms with Crippen LogP contribution >= 0.6 is 11.3 Å². The Morgan fingerprint density at radius 3 is 2.96 bits per heavy atom. The Bertz CT molecular complexity index is 778. The summed E-state index contributed by atoms with van der Waals surface area (Å²) >= 11 is 1.69. The van der Waals surface area contributed by atoms with E-state index in [0.29, 0.717) is 24.5 Å². The third kappa shape index (κ3) is 4.14. The number of para-hydroxylation sites is 1. The highest BCUT2D eigenvalue weighted by atomic mass is 32.1. The summed E-state index contributed by atoms with van der Waals surface area (Å²) in [5, 5.41) is 7.52. The first kappa shape index (κ1) is 15.6. The molecular formula is C16H18N4O2S. The molecule has 0 radical (unpaired) electrons. The fraction of sp³-hybridized carbons (Fsp3) is 0.312. The van der Waals surface area contributed by atoms with Crippen molar-refractivity contribution in [2.75, 3.05) is 18.9 Å². The third-order valence-electron chi connectivity index (χ3n) is 3.36. The number of benzene rings is 1. The van der Waals surface area contributed by atoms with Gasteiger partial charge in [-0.05, 0) is 26.1 Å². The topological polar surface area (TPSA) is 71.3 Å². The maximum atomic E-state index is 11.9. The molecule has 2 aromatic heterocycles. The average Bonchev–Trinajstić information content (AvgIpc) is 3.10. The summed E-state index contributed by atoms with van der Waals surface area (Å²) in [5.74, 6) is 1.06. The maximum absolute atomic E-state index is 11.9. The van der Waals surface area contributed by atoms with E-state index < -0.39 is 0 Å². The first-order valence-electron chi connectivity index (χ1n) is 7.36. The van der Waals surface area contributed by atoms with Gasteiger partial charge < -0.3 is 9.84 Å². The number of hydrogen-bond donors (Lipinski definition) is 1. The van der Waals surface area contributed by atoms with Crippen LogP contribution < -0.4 is 5.32 Å². The van der Waals surface area contributed by atoms with E-state index in [1.807, 2.05) is 25.2 Å².